The molecule has 0 heterocycles. The predicted octanol–water partition coefficient (Wildman–Crippen LogP) is 4.37. The Morgan fingerprint density at radius 1 is 1.23 bits per heavy atom. The van der Waals surface area contributed by atoms with Gasteiger partial charge in [-0.25, -0.2) is 0 Å². The Balaban J connectivity index is 1.63. The van der Waals surface area contributed by atoms with Gasteiger partial charge in [-0.2, -0.15) is 0 Å². The van der Waals surface area contributed by atoms with Gasteiger partial charge in [0.2, 0.25) is 5.91 Å². The van der Waals surface area contributed by atoms with E-state index in [1.54, 1.807) is 0 Å². The number of rotatable bonds is 3. The molecular formula is C23H35NO2. The zero-order valence-electron chi connectivity index (χ0n) is 16.6. The van der Waals surface area contributed by atoms with Crippen LogP contribution in [0, 0.1) is 28.1 Å². The first-order valence-electron chi connectivity index (χ1n) is 10.5. The monoisotopic (exact) mass is 357 g/mol. The van der Waals surface area contributed by atoms with Crippen LogP contribution in [0.25, 0.3) is 0 Å². The van der Waals surface area contributed by atoms with Gasteiger partial charge in [0.1, 0.15) is 0 Å². The number of fused-ring (bicyclic) bond motifs is 3. The van der Waals surface area contributed by atoms with Crippen molar-refractivity contribution in [2.45, 2.75) is 77.2 Å². The SMILES string of the molecule is C=CC(=O)NC[C@]1(C)CCC[C@]2(C)C1CC[C@]13CC(=C)[C@](O)(CCC12)C3. The fourth-order valence-electron chi connectivity index (χ4n) is 8.06. The maximum absolute atomic E-state index is 11.8. The molecule has 1 amide bonds. The van der Waals surface area contributed by atoms with Crippen LogP contribution in [0.3, 0.4) is 0 Å². The van der Waals surface area contributed by atoms with Crippen LogP contribution >= 0.6 is 0 Å². The second kappa shape index (κ2) is 5.70. The average Bonchev–Trinajstić information content (AvgIpc) is 2.76. The van der Waals surface area contributed by atoms with Crippen molar-refractivity contribution < 1.29 is 9.90 Å². The van der Waals surface area contributed by atoms with Gasteiger partial charge in [-0.15, -0.1) is 0 Å². The third kappa shape index (κ3) is 2.38. The first-order valence-corrected chi connectivity index (χ1v) is 10.5. The molecule has 3 heteroatoms. The molecule has 4 saturated carbocycles. The number of amides is 1. The number of hydrogen-bond donors (Lipinski definition) is 2. The summed E-state index contributed by atoms with van der Waals surface area (Å²) < 4.78 is 0. The van der Waals surface area contributed by atoms with Crippen LogP contribution in [0.2, 0.25) is 0 Å². The van der Waals surface area contributed by atoms with Gasteiger partial charge < -0.3 is 10.4 Å². The van der Waals surface area contributed by atoms with Gasteiger partial charge in [-0.05, 0) is 91.1 Å². The molecule has 4 rings (SSSR count). The second-order valence-corrected chi connectivity index (χ2v) is 10.5. The minimum Gasteiger partial charge on any atom is -0.386 e. The molecule has 144 valence electrons. The molecule has 4 aliphatic carbocycles. The minimum absolute atomic E-state index is 0.0550. The van der Waals surface area contributed by atoms with Gasteiger partial charge in [-0.1, -0.05) is 33.4 Å². The zero-order valence-corrected chi connectivity index (χ0v) is 16.6. The van der Waals surface area contributed by atoms with Crippen LogP contribution in [0.4, 0.5) is 0 Å². The Kier molecular flexibility index (Phi) is 4.01. The fraction of sp³-hybridized carbons (Fsp3) is 0.783. The van der Waals surface area contributed by atoms with Crippen molar-refractivity contribution in [3.8, 4) is 0 Å². The van der Waals surface area contributed by atoms with Gasteiger partial charge in [0, 0.05) is 6.54 Å². The van der Waals surface area contributed by atoms with E-state index in [0.29, 0.717) is 17.3 Å². The Morgan fingerprint density at radius 2 is 1.96 bits per heavy atom. The highest BCUT2D eigenvalue weighted by molar-refractivity contribution is 5.86. The van der Waals surface area contributed by atoms with E-state index in [-0.39, 0.29) is 16.7 Å². The van der Waals surface area contributed by atoms with Crippen molar-refractivity contribution in [3.63, 3.8) is 0 Å². The molecule has 3 nitrogen and oxygen atoms in total. The Bertz CT molecular complexity index is 657. The van der Waals surface area contributed by atoms with Gasteiger partial charge in [0.15, 0.2) is 0 Å². The lowest BCUT2D eigenvalue weighted by Gasteiger charge is -2.64. The van der Waals surface area contributed by atoms with Crippen LogP contribution < -0.4 is 5.32 Å². The van der Waals surface area contributed by atoms with Crippen LogP contribution in [-0.4, -0.2) is 23.2 Å². The summed E-state index contributed by atoms with van der Waals surface area (Å²) in [6.07, 6.45) is 11.5. The summed E-state index contributed by atoms with van der Waals surface area (Å²) in [4.78, 5) is 11.8. The number of nitrogens with one attached hydrogen (secondary N) is 1. The van der Waals surface area contributed by atoms with E-state index in [2.05, 4.69) is 32.3 Å². The molecule has 0 aromatic rings. The molecule has 0 aromatic heterocycles. The quantitative estimate of drug-likeness (QED) is 0.582. The van der Waals surface area contributed by atoms with Gasteiger partial charge >= 0.3 is 0 Å². The topological polar surface area (TPSA) is 49.3 Å². The smallest absolute Gasteiger partial charge is 0.243 e. The summed E-state index contributed by atoms with van der Waals surface area (Å²) in [6, 6.07) is 0. The van der Waals surface area contributed by atoms with E-state index in [1.807, 2.05) is 0 Å². The molecule has 0 saturated heterocycles. The lowest BCUT2D eigenvalue weighted by Crippen LogP contribution is -2.59. The average molecular weight is 358 g/mol. The third-order valence-corrected chi connectivity index (χ3v) is 9.13. The minimum atomic E-state index is -0.588. The molecule has 4 aliphatic rings. The molecule has 2 unspecified atom stereocenters. The van der Waals surface area contributed by atoms with Crippen molar-refractivity contribution >= 4 is 5.91 Å². The molecule has 4 fully saturated rings. The van der Waals surface area contributed by atoms with E-state index in [0.717, 1.165) is 37.8 Å². The highest BCUT2D eigenvalue weighted by Crippen LogP contribution is 2.72. The van der Waals surface area contributed by atoms with Gasteiger partial charge in [0.05, 0.1) is 5.60 Å². The van der Waals surface area contributed by atoms with E-state index in [4.69, 9.17) is 0 Å². The molecule has 2 bridgehead atoms. The molecule has 0 radical (unpaired) electrons. The summed E-state index contributed by atoms with van der Waals surface area (Å²) >= 11 is 0. The van der Waals surface area contributed by atoms with Crippen molar-refractivity contribution in [1.29, 1.82) is 0 Å². The van der Waals surface area contributed by atoms with Gasteiger partial charge in [0.25, 0.3) is 0 Å². The van der Waals surface area contributed by atoms with Crippen LogP contribution in [-0.2, 0) is 4.79 Å². The second-order valence-electron chi connectivity index (χ2n) is 10.5. The zero-order chi connectivity index (χ0) is 18.8. The van der Waals surface area contributed by atoms with Crippen molar-refractivity contribution in [2.24, 2.45) is 28.1 Å². The largest absolute Gasteiger partial charge is 0.386 e. The summed E-state index contributed by atoms with van der Waals surface area (Å²) in [6.45, 7) is 13.5. The molecule has 0 aliphatic heterocycles. The highest BCUT2D eigenvalue weighted by atomic mass is 16.3. The maximum Gasteiger partial charge on any atom is 0.243 e. The first kappa shape index (κ1) is 18.3. The van der Waals surface area contributed by atoms with E-state index < -0.39 is 5.60 Å². The lowest BCUT2D eigenvalue weighted by atomic mass is 9.41. The Hall–Kier alpha value is -1.09. The summed E-state index contributed by atoms with van der Waals surface area (Å²) in [7, 11) is 0. The maximum atomic E-state index is 11.8. The molecule has 6 atom stereocenters. The first-order chi connectivity index (χ1) is 12.2. The Labute approximate surface area is 158 Å². The normalized spacial score (nSPS) is 49.9. The van der Waals surface area contributed by atoms with Crippen molar-refractivity contribution in [1.82, 2.24) is 5.32 Å². The predicted molar refractivity (Wildman–Crippen MR) is 104 cm³/mol. The number of hydrogen-bond acceptors (Lipinski definition) is 2. The molecule has 1 spiro atoms. The van der Waals surface area contributed by atoms with Gasteiger partial charge in [-0.3, -0.25) is 4.79 Å². The van der Waals surface area contributed by atoms with Crippen molar-refractivity contribution in [3.05, 3.63) is 24.8 Å². The van der Waals surface area contributed by atoms with E-state index in [9.17, 15) is 9.90 Å². The van der Waals surface area contributed by atoms with E-state index >= 15 is 0 Å². The molecular weight excluding hydrogens is 322 g/mol. The van der Waals surface area contributed by atoms with Crippen molar-refractivity contribution in [2.75, 3.05) is 6.54 Å². The van der Waals surface area contributed by atoms with E-state index in [1.165, 1.54) is 38.2 Å². The molecule has 2 N–H and O–H groups in total. The molecule has 0 aromatic carbocycles. The van der Waals surface area contributed by atoms with Crippen LogP contribution in [0.5, 0.6) is 0 Å². The van der Waals surface area contributed by atoms with Crippen LogP contribution in [0.15, 0.2) is 24.8 Å². The fourth-order valence-corrected chi connectivity index (χ4v) is 8.06. The number of aliphatic hydroxyl groups is 1. The number of carbonyl (C=O) groups is 1. The third-order valence-electron chi connectivity index (χ3n) is 9.13. The summed E-state index contributed by atoms with van der Waals surface area (Å²) in [5, 5.41) is 14.1. The summed E-state index contributed by atoms with van der Waals surface area (Å²) in [5.41, 5.74) is 1.26. The molecule has 26 heavy (non-hydrogen) atoms. The lowest BCUT2D eigenvalue weighted by molar-refractivity contribution is -0.163. The standard InChI is InChI=1S/C23H35NO2/c1-5-19(25)24-15-20(3)9-6-10-21(4)17(20)7-11-22-13-16(2)23(26,14-22)12-8-18(21)22/h5,17-18,26H,1-2,6-15H2,3-4H3,(H,24,25)/t17?,18?,20-,21+,22+,23-/m0/s1. The highest BCUT2D eigenvalue weighted by Gasteiger charge is 2.66. The number of carbonyl (C=O) groups excluding carboxylic acids is 1. The summed E-state index contributed by atoms with van der Waals surface area (Å²) in [5.74, 6) is 1.27. The van der Waals surface area contributed by atoms with Crippen LogP contribution in [0.1, 0.15) is 71.6 Å². The Morgan fingerprint density at radius 3 is 2.69 bits per heavy atom.